The first-order valence-corrected chi connectivity index (χ1v) is 8.32. The number of morpholine rings is 1. The van der Waals surface area contributed by atoms with Crippen molar-refractivity contribution in [3.8, 4) is 0 Å². The van der Waals surface area contributed by atoms with Crippen molar-refractivity contribution in [3.63, 3.8) is 0 Å². The fourth-order valence-electron chi connectivity index (χ4n) is 2.24. The summed E-state index contributed by atoms with van der Waals surface area (Å²) < 4.78 is 49.8. The van der Waals surface area contributed by atoms with E-state index in [-0.39, 0.29) is 30.8 Å². The number of aryl methyl sites for hydroxylation is 1. The Morgan fingerprint density at radius 2 is 2.05 bits per heavy atom. The highest BCUT2D eigenvalue weighted by atomic mass is 32.2. The number of carbonyl (C=O) groups is 1. The largest absolute Gasteiger partial charge is 0.469 e. The van der Waals surface area contributed by atoms with Crippen LogP contribution in [0.2, 0.25) is 0 Å². The molecule has 0 spiro atoms. The second-order valence-corrected chi connectivity index (χ2v) is 6.75. The molecule has 0 bridgehead atoms. The second kappa shape index (κ2) is 7.17. The number of ether oxygens (including phenoxy) is 2. The van der Waals surface area contributed by atoms with Gasteiger partial charge in [-0.05, 0) is 24.1 Å². The normalized spacial score (nSPS) is 16.5. The third kappa shape index (κ3) is 3.82. The van der Waals surface area contributed by atoms with Crippen LogP contribution >= 0.6 is 0 Å². The summed E-state index contributed by atoms with van der Waals surface area (Å²) in [5.41, 5.74) is 0.401. The zero-order chi connectivity index (χ0) is 16.2. The fourth-order valence-corrected chi connectivity index (χ4v) is 3.91. The second-order valence-electron chi connectivity index (χ2n) is 4.84. The Balaban J connectivity index is 2.31. The smallest absolute Gasteiger partial charge is 0.305 e. The maximum Gasteiger partial charge on any atom is 0.305 e. The van der Waals surface area contributed by atoms with Gasteiger partial charge in [0.25, 0.3) is 0 Å². The van der Waals surface area contributed by atoms with Crippen molar-refractivity contribution in [2.24, 2.45) is 0 Å². The minimum atomic E-state index is -3.81. The van der Waals surface area contributed by atoms with Gasteiger partial charge in [0, 0.05) is 19.5 Å². The Hall–Kier alpha value is -1.51. The molecule has 0 aliphatic carbocycles. The molecule has 1 fully saturated rings. The highest BCUT2D eigenvalue weighted by molar-refractivity contribution is 7.89. The van der Waals surface area contributed by atoms with Gasteiger partial charge in [-0.15, -0.1) is 0 Å². The Kier molecular flexibility index (Phi) is 5.49. The number of carbonyl (C=O) groups excluding carboxylic acids is 1. The lowest BCUT2D eigenvalue weighted by atomic mass is 10.1. The fraction of sp³-hybridized carbons (Fsp3) is 0.500. The number of rotatable bonds is 5. The lowest BCUT2D eigenvalue weighted by Gasteiger charge is -2.27. The number of halogens is 1. The summed E-state index contributed by atoms with van der Waals surface area (Å²) in [4.78, 5) is 11.1. The van der Waals surface area contributed by atoms with E-state index in [1.807, 2.05) is 0 Å². The van der Waals surface area contributed by atoms with Crippen LogP contribution in [0.4, 0.5) is 4.39 Å². The average Bonchev–Trinajstić information content (AvgIpc) is 2.54. The van der Waals surface area contributed by atoms with E-state index in [0.29, 0.717) is 18.8 Å². The molecule has 122 valence electrons. The van der Waals surface area contributed by atoms with Gasteiger partial charge < -0.3 is 9.47 Å². The predicted molar refractivity (Wildman–Crippen MR) is 76.3 cm³/mol. The summed E-state index contributed by atoms with van der Waals surface area (Å²) in [6, 6.07) is 3.58. The van der Waals surface area contributed by atoms with Crippen LogP contribution in [0.3, 0.4) is 0 Å². The van der Waals surface area contributed by atoms with Crippen molar-refractivity contribution in [1.82, 2.24) is 4.31 Å². The van der Waals surface area contributed by atoms with Gasteiger partial charge >= 0.3 is 5.97 Å². The van der Waals surface area contributed by atoms with E-state index in [2.05, 4.69) is 4.74 Å². The number of hydrogen-bond donors (Lipinski definition) is 0. The van der Waals surface area contributed by atoms with Crippen molar-refractivity contribution in [1.29, 1.82) is 0 Å². The molecular formula is C14H18FNO5S. The highest BCUT2D eigenvalue weighted by Gasteiger charge is 2.29. The van der Waals surface area contributed by atoms with Gasteiger partial charge in [0.2, 0.25) is 10.0 Å². The number of nitrogens with zero attached hydrogens (tertiary/aromatic N) is 1. The summed E-state index contributed by atoms with van der Waals surface area (Å²) in [7, 11) is -2.55. The van der Waals surface area contributed by atoms with Crippen LogP contribution in [-0.2, 0) is 30.7 Å². The van der Waals surface area contributed by atoms with Crippen molar-refractivity contribution in [3.05, 3.63) is 29.6 Å². The van der Waals surface area contributed by atoms with Crippen LogP contribution in [0.25, 0.3) is 0 Å². The molecule has 0 unspecified atom stereocenters. The van der Waals surface area contributed by atoms with E-state index in [0.717, 1.165) is 6.07 Å². The molecule has 2 rings (SSSR count). The first kappa shape index (κ1) is 16.9. The molecule has 0 N–H and O–H groups in total. The van der Waals surface area contributed by atoms with Crippen LogP contribution in [0.15, 0.2) is 23.1 Å². The minimum absolute atomic E-state index is 0.0355. The quantitative estimate of drug-likeness (QED) is 0.751. The first-order valence-electron chi connectivity index (χ1n) is 6.88. The lowest BCUT2D eigenvalue weighted by molar-refractivity contribution is -0.140. The number of methoxy groups -OCH3 is 1. The molecular weight excluding hydrogens is 313 g/mol. The number of benzene rings is 1. The molecule has 1 saturated heterocycles. The average molecular weight is 331 g/mol. The van der Waals surface area contributed by atoms with Crippen LogP contribution in [-0.4, -0.2) is 52.1 Å². The maximum atomic E-state index is 13.5. The Morgan fingerprint density at radius 1 is 1.36 bits per heavy atom. The van der Waals surface area contributed by atoms with Gasteiger partial charge in [-0.25, -0.2) is 12.8 Å². The van der Waals surface area contributed by atoms with Crippen LogP contribution in [0.1, 0.15) is 12.0 Å². The molecule has 0 atom stereocenters. The van der Waals surface area contributed by atoms with E-state index in [4.69, 9.17) is 4.74 Å². The molecule has 22 heavy (non-hydrogen) atoms. The summed E-state index contributed by atoms with van der Waals surface area (Å²) >= 11 is 0. The third-order valence-corrected chi connectivity index (χ3v) is 5.42. The summed E-state index contributed by atoms with van der Waals surface area (Å²) in [6.07, 6.45) is 0.208. The van der Waals surface area contributed by atoms with Crippen molar-refractivity contribution < 1.29 is 27.1 Å². The van der Waals surface area contributed by atoms with E-state index in [1.165, 1.54) is 23.5 Å². The zero-order valence-corrected chi connectivity index (χ0v) is 13.1. The molecule has 0 radical (unpaired) electrons. The van der Waals surface area contributed by atoms with Gasteiger partial charge in [-0.1, -0.05) is 6.07 Å². The third-order valence-electron chi connectivity index (χ3n) is 3.44. The molecule has 1 heterocycles. The van der Waals surface area contributed by atoms with Crippen LogP contribution in [0, 0.1) is 5.82 Å². The Bertz CT molecular complexity index is 641. The zero-order valence-electron chi connectivity index (χ0n) is 12.2. The van der Waals surface area contributed by atoms with Gasteiger partial charge in [0.15, 0.2) is 0 Å². The van der Waals surface area contributed by atoms with Crippen LogP contribution in [0.5, 0.6) is 0 Å². The highest BCUT2D eigenvalue weighted by Crippen LogP contribution is 2.23. The Labute approximate surface area is 128 Å². The summed E-state index contributed by atoms with van der Waals surface area (Å²) in [6.45, 7) is 1.09. The van der Waals surface area contributed by atoms with E-state index in [9.17, 15) is 17.6 Å². The number of hydrogen-bond acceptors (Lipinski definition) is 5. The van der Waals surface area contributed by atoms with E-state index >= 15 is 0 Å². The Morgan fingerprint density at radius 3 is 2.68 bits per heavy atom. The van der Waals surface area contributed by atoms with Crippen molar-refractivity contribution in [2.75, 3.05) is 33.4 Å². The topological polar surface area (TPSA) is 72.9 Å². The number of esters is 1. The summed E-state index contributed by atoms with van der Waals surface area (Å²) in [5.74, 6) is -1.08. The standard InChI is InChI=1S/C14H18FNO5S/c1-20-14(17)5-3-11-2-4-12(15)10-13(11)22(18,19)16-6-8-21-9-7-16/h2,4,10H,3,5-9H2,1H3. The van der Waals surface area contributed by atoms with Crippen LogP contribution < -0.4 is 0 Å². The molecule has 0 saturated carbocycles. The SMILES string of the molecule is COC(=O)CCc1ccc(F)cc1S(=O)(=O)N1CCOCC1. The summed E-state index contributed by atoms with van der Waals surface area (Å²) in [5, 5.41) is 0. The molecule has 1 aliphatic rings. The lowest BCUT2D eigenvalue weighted by Crippen LogP contribution is -2.41. The monoisotopic (exact) mass is 331 g/mol. The van der Waals surface area contributed by atoms with Gasteiger partial charge in [0.05, 0.1) is 25.2 Å². The predicted octanol–water partition coefficient (Wildman–Crippen LogP) is 0.952. The van der Waals surface area contributed by atoms with Crippen molar-refractivity contribution in [2.45, 2.75) is 17.7 Å². The number of sulfonamides is 1. The minimum Gasteiger partial charge on any atom is -0.469 e. The molecule has 1 aliphatic heterocycles. The maximum absolute atomic E-state index is 13.5. The van der Waals surface area contributed by atoms with Gasteiger partial charge in [0.1, 0.15) is 5.82 Å². The van der Waals surface area contributed by atoms with E-state index in [1.54, 1.807) is 0 Å². The molecule has 0 amide bonds. The van der Waals surface area contributed by atoms with E-state index < -0.39 is 21.8 Å². The molecule has 1 aromatic carbocycles. The first-order chi connectivity index (χ1) is 10.4. The molecule has 0 aromatic heterocycles. The molecule has 1 aromatic rings. The van der Waals surface area contributed by atoms with Crippen molar-refractivity contribution >= 4 is 16.0 Å². The van der Waals surface area contributed by atoms with Gasteiger partial charge in [-0.2, -0.15) is 4.31 Å². The molecule has 6 nitrogen and oxygen atoms in total. The molecule has 8 heteroatoms. The van der Waals surface area contributed by atoms with Gasteiger partial charge in [-0.3, -0.25) is 4.79 Å².